The third-order valence-corrected chi connectivity index (χ3v) is 4.26. The normalized spacial score (nSPS) is 14.6. The van der Waals surface area contributed by atoms with Gasteiger partial charge in [-0.2, -0.15) is 0 Å². The summed E-state index contributed by atoms with van der Waals surface area (Å²) in [6, 6.07) is 11.4. The van der Waals surface area contributed by atoms with Crippen molar-refractivity contribution in [3.63, 3.8) is 0 Å². The number of amides is 1. The van der Waals surface area contributed by atoms with Crippen LogP contribution in [0.25, 0.3) is 0 Å². The van der Waals surface area contributed by atoms with E-state index in [1.807, 2.05) is 0 Å². The van der Waals surface area contributed by atoms with Crippen LogP contribution in [0, 0.1) is 5.82 Å². The predicted octanol–water partition coefficient (Wildman–Crippen LogP) is 4.72. The monoisotopic (exact) mass is 332 g/mol. The number of hydrogen-bond acceptors (Lipinski definition) is 2. The fourth-order valence-corrected chi connectivity index (χ4v) is 2.91. The summed E-state index contributed by atoms with van der Waals surface area (Å²) < 4.78 is 14.3. The first-order valence-corrected chi connectivity index (χ1v) is 8.13. The van der Waals surface area contributed by atoms with Gasteiger partial charge in [0.1, 0.15) is 5.82 Å². The van der Waals surface area contributed by atoms with Gasteiger partial charge >= 0.3 is 0 Å². The minimum atomic E-state index is -0.305. The van der Waals surface area contributed by atoms with Gasteiger partial charge in [-0.3, -0.25) is 4.79 Å². The molecule has 5 heteroatoms. The number of piperidine rings is 1. The summed E-state index contributed by atoms with van der Waals surface area (Å²) in [5, 5.41) is 3.28. The number of hydrogen-bond donors (Lipinski definition) is 1. The number of benzene rings is 2. The lowest BCUT2D eigenvalue weighted by atomic mass is 10.1. The van der Waals surface area contributed by atoms with E-state index in [-0.39, 0.29) is 11.7 Å². The first-order chi connectivity index (χ1) is 11.1. The van der Waals surface area contributed by atoms with Crippen molar-refractivity contribution in [3.8, 4) is 0 Å². The molecular formula is C18H18ClFN2O. The van der Waals surface area contributed by atoms with Gasteiger partial charge in [-0.05, 0) is 61.7 Å². The SMILES string of the molecule is O=C(Nc1ccc(N2CCCCC2)c(F)c1)c1ccc(Cl)cc1. The number of rotatable bonds is 3. The first kappa shape index (κ1) is 15.8. The van der Waals surface area contributed by atoms with Gasteiger partial charge in [-0.25, -0.2) is 4.39 Å². The van der Waals surface area contributed by atoms with Crippen molar-refractivity contribution in [2.24, 2.45) is 0 Å². The van der Waals surface area contributed by atoms with Crippen LogP contribution in [-0.4, -0.2) is 19.0 Å². The summed E-state index contributed by atoms with van der Waals surface area (Å²) in [6.07, 6.45) is 3.39. The Morgan fingerprint density at radius 3 is 2.39 bits per heavy atom. The standard InChI is InChI=1S/C18H18ClFN2O/c19-14-6-4-13(5-7-14)18(23)21-15-8-9-17(16(20)12-15)22-10-2-1-3-11-22/h4-9,12H,1-3,10-11H2,(H,21,23). The summed E-state index contributed by atoms with van der Waals surface area (Å²) in [6.45, 7) is 1.76. The summed E-state index contributed by atoms with van der Waals surface area (Å²) in [5.41, 5.74) is 1.53. The average molecular weight is 333 g/mol. The molecule has 0 saturated carbocycles. The number of halogens is 2. The fourth-order valence-electron chi connectivity index (χ4n) is 2.78. The van der Waals surface area contributed by atoms with Gasteiger partial charge in [-0.15, -0.1) is 0 Å². The largest absolute Gasteiger partial charge is 0.369 e. The van der Waals surface area contributed by atoms with Crippen molar-refractivity contribution in [1.29, 1.82) is 0 Å². The summed E-state index contributed by atoms with van der Waals surface area (Å²) >= 11 is 5.80. The third-order valence-electron chi connectivity index (χ3n) is 4.01. The Hall–Kier alpha value is -2.07. The highest BCUT2D eigenvalue weighted by atomic mass is 35.5. The van der Waals surface area contributed by atoms with E-state index in [9.17, 15) is 9.18 Å². The molecule has 0 atom stereocenters. The molecule has 23 heavy (non-hydrogen) atoms. The minimum absolute atomic E-state index is 0.285. The number of anilines is 2. The molecule has 120 valence electrons. The molecule has 0 spiro atoms. The second-order valence-corrected chi connectivity index (χ2v) is 6.11. The van der Waals surface area contributed by atoms with Gasteiger partial charge < -0.3 is 10.2 Å². The summed E-state index contributed by atoms with van der Waals surface area (Å²) in [7, 11) is 0. The maximum Gasteiger partial charge on any atom is 0.255 e. The molecule has 1 heterocycles. The Morgan fingerprint density at radius 1 is 1.04 bits per heavy atom. The number of carbonyl (C=O) groups excluding carboxylic acids is 1. The Kier molecular flexibility index (Phi) is 4.82. The third kappa shape index (κ3) is 3.82. The van der Waals surface area contributed by atoms with Gasteiger partial charge in [0.2, 0.25) is 0 Å². The van der Waals surface area contributed by atoms with Crippen LogP contribution < -0.4 is 10.2 Å². The van der Waals surface area contributed by atoms with E-state index in [2.05, 4.69) is 10.2 Å². The number of nitrogens with one attached hydrogen (secondary N) is 1. The molecule has 1 saturated heterocycles. The molecule has 1 fully saturated rings. The molecule has 0 aliphatic carbocycles. The maximum atomic E-state index is 14.3. The molecule has 3 nitrogen and oxygen atoms in total. The van der Waals surface area contributed by atoms with Crippen LogP contribution in [-0.2, 0) is 0 Å². The Bertz CT molecular complexity index is 697. The van der Waals surface area contributed by atoms with Crippen molar-refractivity contribution in [2.45, 2.75) is 19.3 Å². The zero-order valence-corrected chi connectivity index (χ0v) is 13.4. The molecule has 2 aromatic rings. The minimum Gasteiger partial charge on any atom is -0.369 e. The van der Waals surface area contributed by atoms with E-state index in [4.69, 9.17) is 11.6 Å². The van der Waals surface area contributed by atoms with Gasteiger partial charge in [-0.1, -0.05) is 11.6 Å². The van der Waals surface area contributed by atoms with E-state index < -0.39 is 0 Å². The first-order valence-electron chi connectivity index (χ1n) is 7.75. The second-order valence-electron chi connectivity index (χ2n) is 5.67. The zero-order valence-electron chi connectivity index (χ0n) is 12.7. The highest BCUT2D eigenvalue weighted by Crippen LogP contribution is 2.26. The van der Waals surface area contributed by atoms with Crippen LogP contribution in [0.1, 0.15) is 29.6 Å². The van der Waals surface area contributed by atoms with Crippen LogP contribution in [0.3, 0.4) is 0 Å². The Balaban J connectivity index is 1.72. The molecule has 0 unspecified atom stereocenters. The molecule has 2 aromatic carbocycles. The molecule has 0 aromatic heterocycles. The van der Waals surface area contributed by atoms with Crippen molar-refractivity contribution < 1.29 is 9.18 Å². The van der Waals surface area contributed by atoms with Crippen LogP contribution >= 0.6 is 11.6 Å². The van der Waals surface area contributed by atoms with Crippen LogP contribution in [0.5, 0.6) is 0 Å². The van der Waals surface area contributed by atoms with Gasteiger partial charge in [0.15, 0.2) is 0 Å². The number of nitrogens with zero attached hydrogens (tertiary/aromatic N) is 1. The topological polar surface area (TPSA) is 32.3 Å². The summed E-state index contributed by atoms with van der Waals surface area (Å²) in [4.78, 5) is 14.2. The molecule has 3 rings (SSSR count). The van der Waals surface area contributed by atoms with E-state index in [1.165, 1.54) is 12.5 Å². The molecular weight excluding hydrogens is 315 g/mol. The van der Waals surface area contributed by atoms with Crippen LogP contribution in [0.15, 0.2) is 42.5 Å². The Labute approximate surface area is 140 Å². The summed E-state index contributed by atoms with van der Waals surface area (Å²) in [5.74, 6) is -0.590. The molecule has 1 aliphatic heterocycles. The lowest BCUT2D eigenvalue weighted by Gasteiger charge is -2.29. The zero-order chi connectivity index (χ0) is 16.2. The van der Waals surface area contributed by atoms with Crippen molar-refractivity contribution in [2.75, 3.05) is 23.3 Å². The van der Waals surface area contributed by atoms with E-state index >= 15 is 0 Å². The molecule has 1 amide bonds. The second kappa shape index (κ2) is 7.01. The number of carbonyl (C=O) groups is 1. The van der Waals surface area contributed by atoms with Crippen LogP contribution in [0.2, 0.25) is 5.02 Å². The van der Waals surface area contributed by atoms with E-state index in [1.54, 1.807) is 36.4 Å². The molecule has 1 N–H and O–H groups in total. The predicted molar refractivity (Wildman–Crippen MR) is 91.9 cm³/mol. The average Bonchev–Trinajstić information content (AvgIpc) is 2.56. The van der Waals surface area contributed by atoms with Crippen molar-refractivity contribution in [3.05, 3.63) is 58.9 Å². The highest BCUT2D eigenvalue weighted by molar-refractivity contribution is 6.30. The quantitative estimate of drug-likeness (QED) is 0.882. The fraction of sp³-hybridized carbons (Fsp3) is 0.278. The van der Waals surface area contributed by atoms with Crippen LogP contribution in [0.4, 0.5) is 15.8 Å². The van der Waals surface area contributed by atoms with Crippen molar-refractivity contribution >= 4 is 28.9 Å². The maximum absolute atomic E-state index is 14.3. The van der Waals surface area contributed by atoms with Gasteiger partial charge in [0, 0.05) is 29.4 Å². The van der Waals surface area contributed by atoms with E-state index in [0.717, 1.165) is 25.9 Å². The van der Waals surface area contributed by atoms with E-state index in [0.29, 0.717) is 22.0 Å². The molecule has 0 bridgehead atoms. The molecule has 1 aliphatic rings. The Morgan fingerprint density at radius 2 is 1.74 bits per heavy atom. The van der Waals surface area contributed by atoms with Gasteiger partial charge in [0.25, 0.3) is 5.91 Å². The van der Waals surface area contributed by atoms with Crippen molar-refractivity contribution in [1.82, 2.24) is 0 Å². The van der Waals surface area contributed by atoms with Gasteiger partial charge in [0.05, 0.1) is 5.69 Å². The molecule has 0 radical (unpaired) electrons. The lowest BCUT2D eigenvalue weighted by Crippen LogP contribution is -2.30. The smallest absolute Gasteiger partial charge is 0.255 e. The lowest BCUT2D eigenvalue weighted by molar-refractivity contribution is 0.102. The highest BCUT2D eigenvalue weighted by Gasteiger charge is 2.15.